The average Bonchev–Trinajstić information content (AvgIpc) is 3.08. The number of carbonyl (C=O) groups excluding carboxylic acids is 1. The molecule has 17 heteroatoms. The molecule has 1 atom stereocenters. The third-order valence-electron chi connectivity index (χ3n) is 6.55. The van der Waals surface area contributed by atoms with E-state index in [1.165, 1.54) is 0 Å². The molecular weight excluding hydrogens is 575 g/mol. The first kappa shape index (κ1) is 28.4. The van der Waals surface area contributed by atoms with E-state index in [4.69, 9.17) is 0 Å². The third-order valence-corrected chi connectivity index (χ3v) is 11.9. The predicted octanol–water partition coefficient (Wildman–Crippen LogP) is 5.81. The number of esters is 1. The maximum absolute atomic E-state index is 14.4. The molecule has 0 radical (unpaired) electrons. The molecule has 4 nitrogen and oxygen atoms in total. The van der Waals surface area contributed by atoms with E-state index in [0.717, 1.165) is 24.3 Å². The van der Waals surface area contributed by atoms with E-state index in [0.29, 0.717) is 31.4 Å². The van der Waals surface area contributed by atoms with Gasteiger partial charge < -0.3 is 0 Å². The second kappa shape index (κ2) is 7.75. The quantitative estimate of drug-likeness (QED) is 0.253. The number of ether oxygens (including phenoxy) is 1. The average molecular weight is 588 g/mol. The zero-order valence-electron chi connectivity index (χ0n) is 18.4. The molecule has 0 bridgehead atoms. The van der Waals surface area contributed by atoms with Crippen LogP contribution in [0.5, 0.6) is 0 Å². The van der Waals surface area contributed by atoms with Crippen LogP contribution in [0.25, 0.3) is 0 Å². The number of benzene rings is 2. The van der Waals surface area contributed by atoms with Crippen LogP contribution in [0.4, 0.5) is 52.7 Å². The maximum atomic E-state index is 14.4. The van der Waals surface area contributed by atoms with Crippen molar-refractivity contribution in [2.45, 2.75) is 41.6 Å². The van der Waals surface area contributed by atoms with Crippen molar-refractivity contribution in [1.82, 2.24) is 0 Å². The number of methoxy groups -OCH3 is 1. The van der Waals surface area contributed by atoms with Gasteiger partial charge in [0.15, 0.2) is 0 Å². The number of fused-ring (bicyclic) bond motifs is 2. The Morgan fingerprint density at radius 3 is 1.66 bits per heavy atom. The van der Waals surface area contributed by atoms with Crippen LogP contribution in [-0.4, -0.2) is 49.0 Å². The SMILES string of the molecule is COC(=O)[C@H]1C(C(F)(F)F)(C(F)(F)F)OP12(c1ccccc1)OC(C(F)(F)F)(C(F)(F)F)c1ccccc12. The Labute approximate surface area is 204 Å². The standard InChI is InChI=1S/C21H13F12O4P/c1-35-15(34)14-17(20(28,29)30,21(31,32)33)37-38(14,11-7-3-2-4-8-11)13-10-6-5-9-12(13)16(36-38,18(22,23)24)19(25,26)27/h2-10,14H,1H3/t14-/m0/s1. The van der Waals surface area contributed by atoms with Crippen molar-refractivity contribution in [3.8, 4) is 0 Å². The molecule has 0 saturated carbocycles. The number of hydrogen-bond acceptors (Lipinski definition) is 4. The van der Waals surface area contributed by atoms with Gasteiger partial charge in [0, 0.05) is 0 Å². The number of hydrogen-bond donors (Lipinski definition) is 0. The molecule has 1 spiro atoms. The van der Waals surface area contributed by atoms with Gasteiger partial charge in [-0.15, -0.1) is 0 Å². The molecule has 1 fully saturated rings. The van der Waals surface area contributed by atoms with Crippen molar-refractivity contribution in [3.63, 3.8) is 0 Å². The van der Waals surface area contributed by atoms with Crippen LogP contribution in [0, 0.1) is 0 Å². The molecule has 0 unspecified atom stereocenters. The van der Waals surface area contributed by atoms with Gasteiger partial charge in [0.05, 0.1) is 0 Å². The normalized spacial score (nSPS) is 24.6. The van der Waals surface area contributed by atoms with Gasteiger partial charge >= 0.3 is 204 Å². The van der Waals surface area contributed by atoms with Crippen LogP contribution in [-0.2, 0) is 24.2 Å². The fourth-order valence-electron chi connectivity index (χ4n) is 5.16. The van der Waals surface area contributed by atoms with Crippen LogP contribution in [0.15, 0.2) is 54.6 Å². The van der Waals surface area contributed by atoms with Crippen molar-refractivity contribution in [1.29, 1.82) is 0 Å². The fraction of sp³-hybridized carbons (Fsp3) is 0.381. The Bertz CT molecular complexity index is 1240. The van der Waals surface area contributed by atoms with Crippen LogP contribution in [0.3, 0.4) is 0 Å². The minimum atomic E-state index is -7.04. The summed E-state index contributed by atoms with van der Waals surface area (Å²) in [5, 5.41) is -2.47. The van der Waals surface area contributed by atoms with E-state index >= 15 is 0 Å². The summed E-state index contributed by atoms with van der Waals surface area (Å²) in [6.45, 7) is 0. The Balaban J connectivity index is 2.30. The molecular formula is C21H13F12O4P. The predicted molar refractivity (Wildman–Crippen MR) is 106 cm³/mol. The summed E-state index contributed by atoms with van der Waals surface area (Å²) in [5.41, 5.74) is -16.8. The van der Waals surface area contributed by atoms with Crippen molar-refractivity contribution < 1.29 is 71.3 Å². The first-order chi connectivity index (χ1) is 17.2. The van der Waals surface area contributed by atoms with Gasteiger partial charge in [0.25, 0.3) is 0 Å². The Kier molecular flexibility index (Phi) is 5.80. The molecule has 2 aromatic rings. The molecule has 0 aliphatic carbocycles. The van der Waals surface area contributed by atoms with Crippen molar-refractivity contribution in [3.05, 3.63) is 60.2 Å². The molecule has 0 aromatic heterocycles. The summed E-state index contributed by atoms with van der Waals surface area (Å²) >= 11 is 0. The molecule has 2 aromatic carbocycles. The summed E-state index contributed by atoms with van der Waals surface area (Å²) in [7, 11) is -6.72. The van der Waals surface area contributed by atoms with Gasteiger partial charge in [0.1, 0.15) is 0 Å². The van der Waals surface area contributed by atoms with Gasteiger partial charge in [-0.3, -0.25) is 0 Å². The van der Waals surface area contributed by atoms with E-state index in [9.17, 15) is 57.5 Å². The summed E-state index contributed by atoms with van der Waals surface area (Å²) in [5.74, 6) is -2.44. The molecule has 2 heterocycles. The van der Waals surface area contributed by atoms with E-state index in [2.05, 4.69) is 13.8 Å². The minimum absolute atomic E-state index is 0.194. The van der Waals surface area contributed by atoms with Gasteiger partial charge in [-0.2, -0.15) is 0 Å². The van der Waals surface area contributed by atoms with Gasteiger partial charge in [0.2, 0.25) is 0 Å². The van der Waals surface area contributed by atoms with Crippen molar-refractivity contribution in [2.24, 2.45) is 0 Å². The van der Waals surface area contributed by atoms with E-state index in [-0.39, 0.29) is 6.07 Å². The molecule has 2 aliphatic heterocycles. The van der Waals surface area contributed by atoms with Crippen molar-refractivity contribution >= 4 is 23.6 Å². The number of rotatable bonds is 2. The summed E-state index contributed by atoms with van der Waals surface area (Å²) in [4.78, 5) is 12.9. The van der Waals surface area contributed by atoms with Crippen LogP contribution in [0.1, 0.15) is 5.56 Å². The molecule has 0 amide bonds. The Morgan fingerprint density at radius 1 is 0.737 bits per heavy atom. The molecule has 1 saturated heterocycles. The monoisotopic (exact) mass is 588 g/mol. The number of carbonyl (C=O) groups is 1. The summed E-state index contributed by atoms with van der Waals surface area (Å²) in [6, 6.07) is 6.22. The number of alkyl halides is 12. The zero-order valence-corrected chi connectivity index (χ0v) is 19.3. The second-order valence-corrected chi connectivity index (χ2v) is 12.3. The van der Waals surface area contributed by atoms with E-state index < -0.39 is 70.8 Å². The summed E-state index contributed by atoms with van der Waals surface area (Å²) < 4.78 is 185. The van der Waals surface area contributed by atoms with Gasteiger partial charge in [-0.25, -0.2) is 0 Å². The van der Waals surface area contributed by atoms with Gasteiger partial charge in [-0.05, 0) is 0 Å². The van der Waals surface area contributed by atoms with Gasteiger partial charge in [-0.1, -0.05) is 0 Å². The molecule has 38 heavy (non-hydrogen) atoms. The first-order valence-electron chi connectivity index (χ1n) is 10.1. The first-order valence-corrected chi connectivity index (χ1v) is 12.3. The van der Waals surface area contributed by atoms with E-state index in [1.807, 2.05) is 0 Å². The Hall–Kier alpha value is -2.58. The van der Waals surface area contributed by atoms with Crippen molar-refractivity contribution in [2.75, 3.05) is 7.11 Å². The topological polar surface area (TPSA) is 44.8 Å². The number of halogens is 12. The van der Waals surface area contributed by atoms with Crippen LogP contribution < -0.4 is 10.6 Å². The molecule has 0 N–H and O–H groups in total. The molecule has 2 aliphatic rings. The van der Waals surface area contributed by atoms with Crippen LogP contribution in [0.2, 0.25) is 0 Å². The van der Waals surface area contributed by atoms with E-state index in [1.54, 1.807) is 0 Å². The zero-order chi connectivity index (χ0) is 28.8. The molecule has 210 valence electrons. The third kappa shape index (κ3) is 2.99. The summed E-state index contributed by atoms with van der Waals surface area (Å²) in [6.07, 6.45) is -26.2. The fourth-order valence-corrected chi connectivity index (χ4v) is 11.5. The second-order valence-electron chi connectivity index (χ2n) is 8.39. The Morgan fingerprint density at radius 2 is 1.21 bits per heavy atom. The molecule has 4 rings (SSSR count). The van der Waals surface area contributed by atoms with Crippen LogP contribution >= 0.6 is 7.06 Å².